The van der Waals surface area contributed by atoms with Crippen LogP contribution in [0.1, 0.15) is 68.3 Å². The van der Waals surface area contributed by atoms with E-state index in [-0.39, 0.29) is 5.91 Å². The van der Waals surface area contributed by atoms with Gasteiger partial charge in [0.25, 0.3) is 5.91 Å². The number of aryl methyl sites for hydroxylation is 1. The predicted molar refractivity (Wildman–Crippen MR) is 142 cm³/mol. The summed E-state index contributed by atoms with van der Waals surface area (Å²) < 4.78 is 7.63. The number of hydrogen-bond donors (Lipinski definition) is 1. The lowest BCUT2D eigenvalue weighted by Crippen LogP contribution is -2.28. The molecular weight excluding hydrogens is 456 g/mol. The molecule has 4 heterocycles. The van der Waals surface area contributed by atoms with E-state index in [1.165, 1.54) is 12.8 Å². The molecule has 35 heavy (non-hydrogen) atoms. The molecule has 0 aliphatic carbocycles. The second-order valence-corrected chi connectivity index (χ2v) is 9.73. The van der Waals surface area contributed by atoms with Crippen molar-refractivity contribution < 1.29 is 9.21 Å². The molecule has 0 aliphatic rings. The van der Waals surface area contributed by atoms with Gasteiger partial charge >= 0.3 is 0 Å². The van der Waals surface area contributed by atoms with Gasteiger partial charge in [-0.15, -0.1) is 11.3 Å². The second kappa shape index (κ2) is 12.0. The van der Waals surface area contributed by atoms with Crippen molar-refractivity contribution in [2.75, 3.05) is 6.54 Å². The van der Waals surface area contributed by atoms with Crippen LogP contribution in [-0.4, -0.2) is 27.0 Å². The van der Waals surface area contributed by atoms with Crippen LogP contribution in [0.4, 0.5) is 0 Å². The average Bonchev–Trinajstić information content (AvgIpc) is 3.65. The first-order valence-corrected chi connectivity index (χ1v) is 13.4. The van der Waals surface area contributed by atoms with Gasteiger partial charge in [-0.05, 0) is 49.1 Å². The third-order valence-electron chi connectivity index (χ3n) is 6.35. The Hall–Kier alpha value is -3.19. The molecule has 4 aromatic rings. The topological polar surface area (TPSA) is 73.0 Å². The van der Waals surface area contributed by atoms with Gasteiger partial charge in [-0.3, -0.25) is 9.78 Å². The Morgan fingerprint density at radius 1 is 1.23 bits per heavy atom. The van der Waals surface area contributed by atoms with E-state index in [1.807, 2.05) is 41.2 Å². The number of rotatable bonds is 12. The van der Waals surface area contributed by atoms with E-state index in [2.05, 4.69) is 42.5 Å². The second-order valence-electron chi connectivity index (χ2n) is 8.88. The van der Waals surface area contributed by atoms with Crippen molar-refractivity contribution in [3.63, 3.8) is 0 Å². The van der Waals surface area contributed by atoms with Gasteiger partial charge in [0.2, 0.25) is 0 Å². The van der Waals surface area contributed by atoms with Crippen LogP contribution in [0.15, 0.2) is 58.8 Å². The molecule has 0 fully saturated rings. The number of nitrogens with one attached hydrogen (secondary N) is 1. The van der Waals surface area contributed by atoms with Crippen molar-refractivity contribution in [2.45, 2.75) is 59.4 Å². The summed E-state index contributed by atoms with van der Waals surface area (Å²) in [4.78, 5) is 22.4. The van der Waals surface area contributed by atoms with Gasteiger partial charge in [0.05, 0.1) is 29.8 Å². The molecule has 0 bridgehead atoms. The molecule has 0 saturated carbocycles. The van der Waals surface area contributed by atoms with E-state index >= 15 is 0 Å². The lowest BCUT2D eigenvalue weighted by molar-refractivity contribution is 0.0945. The first-order chi connectivity index (χ1) is 17.1. The van der Waals surface area contributed by atoms with E-state index < -0.39 is 0 Å². The maximum atomic E-state index is 13.1. The average molecular weight is 491 g/mol. The summed E-state index contributed by atoms with van der Waals surface area (Å²) in [5, 5.41) is 6.14. The molecule has 1 unspecified atom stereocenters. The van der Waals surface area contributed by atoms with Crippen LogP contribution in [0, 0.1) is 5.92 Å². The van der Waals surface area contributed by atoms with Gasteiger partial charge in [-0.1, -0.05) is 40.0 Å². The maximum Gasteiger partial charge on any atom is 0.252 e. The molecular formula is C28H34N4O2S. The summed E-state index contributed by atoms with van der Waals surface area (Å²) in [6.45, 7) is 7.73. The number of hydrogen-bond acceptors (Lipinski definition) is 5. The number of furan rings is 1. The first kappa shape index (κ1) is 24.9. The highest BCUT2D eigenvalue weighted by Gasteiger charge is 2.18. The summed E-state index contributed by atoms with van der Waals surface area (Å²) >= 11 is 1.60. The Labute approximate surface area is 211 Å². The number of aromatic nitrogens is 3. The monoisotopic (exact) mass is 490 g/mol. The molecule has 1 atom stereocenters. The Morgan fingerprint density at radius 2 is 2.11 bits per heavy atom. The molecule has 184 valence electrons. The third kappa shape index (κ3) is 6.28. The number of nitrogens with zero attached hydrogens (tertiary/aromatic N) is 3. The highest BCUT2D eigenvalue weighted by atomic mass is 32.1. The molecule has 0 aromatic carbocycles. The number of amides is 1. The maximum absolute atomic E-state index is 13.1. The zero-order chi connectivity index (χ0) is 24.6. The van der Waals surface area contributed by atoms with E-state index in [4.69, 9.17) is 9.40 Å². The van der Waals surface area contributed by atoms with Gasteiger partial charge < -0.3 is 14.3 Å². The summed E-state index contributed by atoms with van der Waals surface area (Å²) in [6.07, 6.45) is 10.9. The van der Waals surface area contributed by atoms with Gasteiger partial charge in [0.15, 0.2) is 0 Å². The van der Waals surface area contributed by atoms with Gasteiger partial charge in [-0.2, -0.15) is 0 Å². The lowest BCUT2D eigenvalue weighted by Gasteiger charge is -2.14. The highest BCUT2D eigenvalue weighted by molar-refractivity contribution is 7.13. The zero-order valence-corrected chi connectivity index (χ0v) is 21.6. The fourth-order valence-electron chi connectivity index (χ4n) is 4.16. The van der Waals surface area contributed by atoms with Crippen molar-refractivity contribution >= 4 is 17.2 Å². The quantitative estimate of drug-likeness (QED) is 0.236. The van der Waals surface area contributed by atoms with Crippen molar-refractivity contribution in [3.05, 3.63) is 71.4 Å². The van der Waals surface area contributed by atoms with Crippen LogP contribution in [-0.2, 0) is 13.0 Å². The third-order valence-corrected chi connectivity index (χ3v) is 7.24. The number of carbonyl (C=O) groups excluding carboxylic acids is 1. The van der Waals surface area contributed by atoms with Gasteiger partial charge in [0.1, 0.15) is 10.8 Å². The molecule has 6 nitrogen and oxygen atoms in total. The molecule has 4 aromatic heterocycles. The highest BCUT2D eigenvalue weighted by Crippen LogP contribution is 2.31. The van der Waals surface area contributed by atoms with Crippen LogP contribution in [0.3, 0.4) is 0 Å². The molecule has 1 N–H and O–H groups in total. The number of carbonyl (C=O) groups is 1. The van der Waals surface area contributed by atoms with E-state index in [0.717, 1.165) is 52.7 Å². The molecule has 0 aliphatic heterocycles. The Balaban J connectivity index is 1.58. The standard InChI is InChI=1S/C28H34N4O2S/c1-4-7-9-20(5-2)16-30-27(33)22-15-26(32(17-22)18-24-10-8-13-34-24)25-19-35-28(31-25)21-11-12-29-23(6-3)14-21/h8,10-15,17,19-20H,4-7,9,16,18H2,1-3H3,(H,30,33). The zero-order valence-electron chi connectivity index (χ0n) is 20.8. The minimum absolute atomic E-state index is 0.0448. The molecule has 1 amide bonds. The molecule has 0 radical (unpaired) electrons. The largest absolute Gasteiger partial charge is 0.467 e. The summed E-state index contributed by atoms with van der Waals surface area (Å²) in [7, 11) is 0. The minimum Gasteiger partial charge on any atom is -0.467 e. The smallest absolute Gasteiger partial charge is 0.252 e. The van der Waals surface area contributed by atoms with Crippen LogP contribution in [0.25, 0.3) is 22.0 Å². The lowest BCUT2D eigenvalue weighted by atomic mass is 9.99. The van der Waals surface area contributed by atoms with E-state index in [9.17, 15) is 4.79 Å². The Bertz CT molecular complexity index is 1230. The van der Waals surface area contributed by atoms with Crippen molar-refractivity contribution in [1.82, 2.24) is 19.9 Å². The van der Waals surface area contributed by atoms with Crippen LogP contribution in [0.2, 0.25) is 0 Å². The van der Waals surface area contributed by atoms with E-state index in [0.29, 0.717) is 24.6 Å². The number of thiazole rings is 1. The van der Waals surface area contributed by atoms with Crippen LogP contribution >= 0.6 is 11.3 Å². The van der Waals surface area contributed by atoms with E-state index in [1.54, 1.807) is 17.6 Å². The fraction of sp³-hybridized carbons (Fsp3) is 0.393. The van der Waals surface area contributed by atoms with Gasteiger partial charge in [-0.25, -0.2) is 4.98 Å². The van der Waals surface area contributed by atoms with Crippen molar-refractivity contribution in [2.24, 2.45) is 5.92 Å². The molecule has 0 saturated heterocycles. The minimum atomic E-state index is -0.0448. The first-order valence-electron chi connectivity index (χ1n) is 12.5. The van der Waals surface area contributed by atoms with Crippen molar-refractivity contribution in [1.29, 1.82) is 0 Å². The predicted octanol–water partition coefficient (Wildman–Crippen LogP) is 6.82. The van der Waals surface area contributed by atoms with Crippen LogP contribution < -0.4 is 5.32 Å². The molecule has 7 heteroatoms. The summed E-state index contributed by atoms with van der Waals surface area (Å²) in [6, 6.07) is 9.84. The fourth-order valence-corrected chi connectivity index (χ4v) is 4.97. The number of unbranched alkanes of at least 4 members (excludes halogenated alkanes) is 1. The molecule has 4 rings (SSSR count). The normalized spacial score (nSPS) is 12.1. The Kier molecular flexibility index (Phi) is 8.53. The van der Waals surface area contributed by atoms with Crippen LogP contribution in [0.5, 0.6) is 0 Å². The van der Waals surface area contributed by atoms with Crippen molar-refractivity contribution in [3.8, 4) is 22.0 Å². The SMILES string of the molecule is CCCCC(CC)CNC(=O)c1cc(-c2csc(-c3ccnc(CC)c3)n2)n(Cc2ccco2)c1. The summed E-state index contributed by atoms with van der Waals surface area (Å²) in [5.74, 6) is 1.30. The Morgan fingerprint density at radius 3 is 2.86 bits per heavy atom. The molecule has 0 spiro atoms. The summed E-state index contributed by atoms with van der Waals surface area (Å²) in [5.41, 5.74) is 4.50. The van der Waals surface area contributed by atoms with Gasteiger partial charge in [0, 0.05) is 35.6 Å². The number of pyridine rings is 1.